The molecule has 0 bridgehead atoms. The highest BCUT2D eigenvalue weighted by atomic mass is 35.5. The van der Waals surface area contributed by atoms with Crippen LogP contribution in [0.25, 0.3) is 0 Å². The molecule has 2 rings (SSSR count). The first-order valence-corrected chi connectivity index (χ1v) is 6.34. The Morgan fingerprint density at radius 2 is 2.00 bits per heavy atom. The zero-order valence-corrected chi connectivity index (χ0v) is 11.2. The van der Waals surface area contributed by atoms with Gasteiger partial charge in [0.05, 0.1) is 11.2 Å². The van der Waals surface area contributed by atoms with Crippen LogP contribution in [-0.4, -0.2) is 15.6 Å². The molecule has 0 amide bonds. The first-order valence-electron chi connectivity index (χ1n) is 5.96. The first-order chi connectivity index (χ1) is 8.63. The molecule has 2 aromatic rings. The van der Waals surface area contributed by atoms with E-state index in [1.807, 2.05) is 38.1 Å². The van der Waals surface area contributed by atoms with Crippen molar-refractivity contribution in [2.24, 2.45) is 0 Å². The number of nitrogens with zero attached hydrogens (tertiary/aromatic N) is 2. The predicted octanol–water partition coefficient (Wildman–Crippen LogP) is 3.49. The Balaban J connectivity index is 2.39. The van der Waals surface area contributed by atoms with Crippen LogP contribution in [0.5, 0.6) is 0 Å². The van der Waals surface area contributed by atoms with Gasteiger partial charge in [0.25, 0.3) is 0 Å². The molecule has 1 aromatic carbocycles. The molecule has 94 valence electrons. The molecule has 0 radical (unpaired) electrons. The summed E-state index contributed by atoms with van der Waals surface area (Å²) in [5.74, 6) is -0.0778. The first kappa shape index (κ1) is 12.8. The third-order valence-corrected chi connectivity index (χ3v) is 3.04. The zero-order chi connectivity index (χ0) is 13.1. The Morgan fingerprint density at radius 1 is 1.33 bits per heavy atom. The van der Waals surface area contributed by atoms with Crippen molar-refractivity contribution in [3.8, 4) is 0 Å². The van der Waals surface area contributed by atoms with Crippen LogP contribution in [0, 0.1) is 6.92 Å². The van der Waals surface area contributed by atoms with E-state index in [-0.39, 0.29) is 5.78 Å². The molecular formula is C14H15ClN2O. The normalized spacial score (nSPS) is 10.6. The van der Waals surface area contributed by atoms with Crippen molar-refractivity contribution in [2.45, 2.75) is 26.8 Å². The highest BCUT2D eigenvalue weighted by Gasteiger charge is 2.18. The molecule has 1 heterocycles. The smallest absolute Gasteiger partial charge is 0.212 e. The van der Waals surface area contributed by atoms with Crippen molar-refractivity contribution < 1.29 is 4.79 Å². The molecule has 3 nitrogen and oxygen atoms in total. The average molecular weight is 263 g/mol. The summed E-state index contributed by atoms with van der Waals surface area (Å²) in [4.78, 5) is 12.4. The fourth-order valence-corrected chi connectivity index (χ4v) is 2.04. The molecule has 0 saturated heterocycles. The summed E-state index contributed by atoms with van der Waals surface area (Å²) in [7, 11) is 0. The molecule has 18 heavy (non-hydrogen) atoms. The summed E-state index contributed by atoms with van der Waals surface area (Å²) in [6.07, 6.45) is 2.44. The predicted molar refractivity (Wildman–Crippen MR) is 72.1 cm³/mol. The summed E-state index contributed by atoms with van der Waals surface area (Å²) in [5, 5.41) is 4.54. The maximum atomic E-state index is 12.4. The maximum absolute atomic E-state index is 12.4. The third kappa shape index (κ3) is 2.46. The van der Waals surface area contributed by atoms with Gasteiger partial charge in [0.2, 0.25) is 5.78 Å². The zero-order valence-electron chi connectivity index (χ0n) is 10.5. The average Bonchev–Trinajstić information content (AvgIpc) is 2.71. The Bertz CT molecular complexity index is 558. The minimum Gasteiger partial charge on any atom is -0.287 e. The van der Waals surface area contributed by atoms with Gasteiger partial charge in [-0.1, -0.05) is 48.4 Å². The summed E-state index contributed by atoms with van der Waals surface area (Å²) >= 11 is 6.05. The van der Waals surface area contributed by atoms with Crippen LogP contribution < -0.4 is 0 Å². The van der Waals surface area contributed by atoms with Crippen molar-refractivity contribution in [2.75, 3.05) is 0 Å². The van der Waals surface area contributed by atoms with Crippen LogP contribution in [0.4, 0.5) is 0 Å². The molecule has 4 heteroatoms. The van der Waals surface area contributed by atoms with Gasteiger partial charge in [0, 0.05) is 12.1 Å². The van der Waals surface area contributed by atoms with Gasteiger partial charge in [-0.3, -0.25) is 9.48 Å². The number of rotatable bonds is 4. The van der Waals surface area contributed by atoms with Crippen LogP contribution in [-0.2, 0) is 6.54 Å². The fraction of sp³-hybridized carbons (Fsp3) is 0.286. The minimum absolute atomic E-state index is 0.0778. The molecule has 0 aliphatic heterocycles. The van der Waals surface area contributed by atoms with E-state index in [0.717, 1.165) is 12.0 Å². The lowest BCUT2D eigenvalue weighted by molar-refractivity contribution is 0.102. The van der Waals surface area contributed by atoms with Crippen molar-refractivity contribution in [3.63, 3.8) is 0 Å². The topological polar surface area (TPSA) is 34.9 Å². The SMILES string of the molecule is CCCn1ncc(Cl)c1C(=O)c1ccc(C)cc1. The van der Waals surface area contributed by atoms with E-state index in [1.54, 1.807) is 4.68 Å². The standard InChI is InChI=1S/C14H15ClN2O/c1-3-8-17-13(12(15)9-16-17)14(18)11-6-4-10(2)5-7-11/h4-7,9H,3,8H2,1-2H3. The molecule has 0 aliphatic carbocycles. The lowest BCUT2D eigenvalue weighted by atomic mass is 10.1. The second-order valence-corrected chi connectivity index (χ2v) is 4.67. The van der Waals surface area contributed by atoms with E-state index in [2.05, 4.69) is 5.10 Å². The summed E-state index contributed by atoms with van der Waals surface area (Å²) < 4.78 is 1.67. The monoisotopic (exact) mass is 262 g/mol. The molecule has 0 aliphatic rings. The van der Waals surface area contributed by atoms with Gasteiger partial charge in [-0.15, -0.1) is 0 Å². The molecule has 0 fully saturated rings. The Labute approximate surface area is 111 Å². The number of halogens is 1. The molecule has 1 aromatic heterocycles. The second kappa shape index (κ2) is 5.36. The number of hydrogen-bond acceptors (Lipinski definition) is 2. The molecule has 0 unspecified atom stereocenters. The number of aromatic nitrogens is 2. The number of ketones is 1. The van der Waals surface area contributed by atoms with E-state index < -0.39 is 0 Å². The van der Waals surface area contributed by atoms with Gasteiger partial charge in [0.1, 0.15) is 5.69 Å². The highest BCUT2D eigenvalue weighted by molar-refractivity contribution is 6.34. The van der Waals surface area contributed by atoms with Crippen molar-refractivity contribution in [1.82, 2.24) is 9.78 Å². The summed E-state index contributed by atoms with van der Waals surface area (Å²) in [6.45, 7) is 4.72. The van der Waals surface area contributed by atoms with Crippen molar-refractivity contribution in [3.05, 3.63) is 52.3 Å². The lowest BCUT2D eigenvalue weighted by Crippen LogP contribution is -2.12. The number of carbonyl (C=O) groups excluding carboxylic acids is 1. The van der Waals surface area contributed by atoms with E-state index in [1.165, 1.54) is 6.20 Å². The largest absolute Gasteiger partial charge is 0.287 e. The Kier molecular flexibility index (Phi) is 3.82. The molecule has 0 atom stereocenters. The van der Waals surface area contributed by atoms with E-state index >= 15 is 0 Å². The van der Waals surface area contributed by atoms with Crippen LogP contribution in [0.3, 0.4) is 0 Å². The molecular weight excluding hydrogens is 248 g/mol. The maximum Gasteiger partial charge on any atom is 0.212 e. The third-order valence-electron chi connectivity index (χ3n) is 2.76. The van der Waals surface area contributed by atoms with Crippen molar-refractivity contribution in [1.29, 1.82) is 0 Å². The van der Waals surface area contributed by atoms with Crippen molar-refractivity contribution >= 4 is 17.4 Å². The van der Waals surface area contributed by atoms with Gasteiger partial charge >= 0.3 is 0 Å². The Morgan fingerprint density at radius 3 is 2.61 bits per heavy atom. The van der Waals surface area contributed by atoms with Gasteiger partial charge < -0.3 is 0 Å². The van der Waals surface area contributed by atoms with Crippen LogP contribution in [0.2, 0.25) is 5.02 Å². The van der Waals surface area contributed by atoms with E-state index in [4.69, 9.17) is 11.6 Å². The lowest BCUT2D eigenvalue weighted by Gasteiger charge is -2.06. The second-order valence-electron chi connectivity index (χ2n) is 4.26. The molecule has 0 saturated carbocycles. The van der Waals surface area contributed by atoms with Crippen LogP contribution in [0.15, 0.2) is 30.5 Å². The quantitative estimate of drug-likeness (QED) is 0.791. The van der Waals surface area contributed by atoms with Crippen LogP contribution in [0.1, 0.15) is 35.0 Å². The van der Waals surface area contributed by atoms with Gasteiger partial charge in [-0.2, -0.15) is 5.10 Å². The number of hydrogen-bond donors (Lipinski definition) is 0. The summed E-state index contributed by atoms with van der Waals surface area (Å²) in [6, 6.07) is 7.47. The van der Waals surface area contributed by atoms with Gasteiger partial charge in [0.15, 0.2) is 0 Å². The van der Waals surface area contributed by atoms with Crippen LogP contribution >= 0.6 is 11.6 Å². The Hall–Kier alpha value is -1.61. The highest BCUT2D eigenvalue weighted by Crippen LogP contribution is 2.19. The number of benzene rings is 1. The fourth-order valence-electron chi connectivity index (χ4n) is 1.81. The molecule has 0 N–H and O–H groups in total. The van der Waals surface area contributed by atoms with Gasteiger partial charge in [-0.25, -0.2) is 0 Å². The van der Waals surface area contributed by atoms with E-state index in [0.29, 0.717) is 22.8 Å². The van der Waals surface area contributed by atoms with Gasteiger partial charge in [-0.05, 0) is 13.3 Å². The molecule has 0 spiro atoms. The summed E-state index contributed by atoms with van der Waals surface area (Å²) in [5.41, 5.74) is 2.24. The minimum atomic E-state index is -0.0778. The number of carbonyl (C=O) groups is 1. The van der Waals surface area contributed by atoms with E-state index in [9.17, 15) is 4.79 Å². The number of aryl methyl sites for hydroxylation is 2.